The number of para-hydroxylation sites is 2. The maximum Gasteiger partial charge on any atom is 0.143 e. The second-order valence-electron chi connectivity index (χ2n) is 16.8. The molecule has 0 atom stereocenters. The van der Waals surface area contributed by atoms with Gasteiger partial charge in [0.15, 0.2) is 0 Å². The average molecular weight is 830 g/mol. The predicted molar refractivity (Wildman–Crippen MR) is 272 cm³/mol. The first kappa shape index (κ1) is 36.9. The van der Waals surface area contributed by atoms with Gasteiger partial charge in [0.2, 0.25) is 0 Å². The highest BCUT2D eigenvalue weighted by molar-refractivity contribution is 6.20. The first-order valence-corrected chi connectivity index (χ1v) is 22.1. The van der Waals surface area contributed by atoms with Gasteiger partial charge in [-0.05, 0) is 110 Å². The van der Waals surface area contributed by atoms with Gasteiger partial charge >= 0.3 is 0 Å². The van der Waals surface area contributed by atoms with Crippen LogP contribution in [0.25, 0.3) is 110 Å². The fraction of sp³-hybridized carbons (Fsp3) is 0. The molecule has 0 unspecified atom stereocenters. The van der Waals surface area contributed by atoms with Crippen molar-refractivity contribution in [1.82, 2.24) is 0 Å². The van der Waals surface area contributed by atoms with Crippen molar-refractivity contribution in [3.05, 3.63) is 237 Å². The summed E-state index contributed by atoms with van der Waals surface area (Å²) in [4.78, 5) is 2.45. The largest absolute Gasteiger partial charge is 0.456 e. The standard InChI is InChI=1S/C62H39NO2/c1-2-14-42(15-3-1)49-34-30-47(45-26-25-40-13-4-5-17-44(40)37-45)39-57(49)63(48-32-27-41(28-33-48)46-31-36-59-55(38-46)52-20-9-11-23-58(52)64-59)56-22-10-8-19-51(56)53-21-12-24-60-61(53)54-35-29-43-16-6-7-18-50(43)62(54)65-60/h1-39H. The normalized spacial score (nSPS) is 11.7. The van der Waals surface area contributed by atoms with Crippen LogP contribution in [-0.4, -0.2) is 0 Å². The van der Waals surface area contributed by atoms with Crippen molar-refractivity contribution < 1.29 is 8.83 Å². The molecule has 0 radical (unpaired) electrons. The second kappa shape index (κ2) is 15.0. The lowest BCUT2D eigenvalue weighted by atomic mass is 9.93. The third kappa shape index (κ3) is 6.20. The van der Waals surface area contributed by atoms with Crippen LogP contribution in [0, 0.1) is 0 Å². The fourth-order valence-corrected chi connectivity index (χ4v) is 9.92. The molecule has 0 aliphatic carbocycles. The van der Waals surface area contributed by atoms with Crippen molar-refractivity contribution in [2.75, 3.05) is 4.90 Å². The van der Waals surface area contributed by atoms with E-state index in [2.05, 4.69) is 229 Å². The molecule has 0 spiro atoms. The van der Waals surface area contributed by atoms with E-state index in [9.17, 15) is 0 Å². The molecule has 65 heavy (non-hydrogen) atoms. The van der Waals surface area contributed by atoms with Crippen LogP contribution in [0.5, 0.6) is 0 Å². The topological polar surface area (TPSA) is 29.5 Å². The Morgan fingerprint density at radius 2 is 0.908 bits per heavy atom. The molecule has 0 saturated carbocycles. The van der Waals surface area contributed by atoms with Gasteiger partial charge in [-0.15, -0.1) is 0 Å². The first-order valence-electron chi connectivity index (χ1n) is 22.1. The number of anilines is 3. The summed E-state index contributed by atoms with van der Waals surface area (Å²) in [6.45, 7) is 0. The van der Waals surface area contributed by atoms with Crippen molar-refractivity contribution in [2.45, 2.75) is 0 Å². The molecule has 0 aliphatic rings. The number of rotatable bonds is 7. The molecule has 0 fully saturated rings. The monoisotopic (exact) mass is 829 g/mol. The van der Waals surface area contributed by atoms with E-state index in [1.165, 1.54) is 10.8 Å². The quantitative estimate of drug-likeness (QED) is 0.160. The van der Waals surface area contributed by atoms with Crippen LogP contribution in [0.1, 0.15) is 0 Å². The molecule has 304 valence electrons. The zero-order valence-corrected chi connectivity index (χ0v) is 35.3. The van der Waals surface area contributed by atoms with Gasteiger partial charge in [-0.2, -0.15) is 0 Å². The highest BCUT2D eigenvalue weighted by Gasteiger charge is 2.24. The molecule has 0 N–H and O–H groups in total. The SMILES string of the molecule is c1ccc(-c2ccc(-c3ccc4ccccc4c3)cc2N(c2ccc(-c3ccc4oc5ccccc5c4c3)cc2)c2ccccc2-c2cccc3oc4c5ccccc5ccc4c23)cc1. The van der Waals surface area contributed by atoms with E-state index >= 15 is 0 Å². The molecule has 2 heterocycles. The summed E-state index contributed by atoms with van der Waals surface area (Å²) in [6, 6.07) is 85.0. The fourth-order valence-electron chi connectivity index (χ4n) is 9.92. The third-order valence-electron chi connectivity index (χ3n) is 13.1. The first-order chi connectivity index (χ1) is 32.2. The summed E-state index contributed by atoms with van der Waals surface area (Å²) in [7, 11) is 0. The van der Waals surface area contributed by atoms with E-state index in [0.29, 0.717) is 0 Å². The van der Waals surface area contributed by atoms with Gasteiger partial charge in [0, 0.05) is 43.7 Å². The van der Waals surface area contributed by atoms with Gasteiger partial charge in [0.05, 0.1) is 11.4 Å². The van der Waals surface area contributed by atoms with Gasteiger partial charge in [-0.1, -0.05) is 176 Å². The Labute approximate surface area is 375 Å². The number of fused-ring (bicyclic) bond motifs is 9. The lowest BCUT2D eigenvalue weighted by Gasteiger charge is -2.30. The maximum absolute atomic E-state index is 6.75. The Bertz CT molecular complexity index is 3950. The number of hydrogen-bond donors (Lipinski definition) is 0. The summed E-state index contributed by atoms with van der Waals surface area (Å²) in [5.41, 5.74) is 15.8. The Morgan fingerprint density at radius 3 is 1.80 bits per heavy atom. The van der Waals surface area contributed by atoms with Crippen molar-refractivity contribution in [2.24, 2.45) is 0 Å². The van der Waals surface area contributed by atoms with Crippen molar-refractivity contribution in [3.63, 3.8) is 0 Å². The van der Waals surface area contributed by atoms with Crippen LogP contribution in [-0.2, 0) is 0 Å². The van der Waals surface area contributed by atoms with Crippen LogP contribution >= 0.6 is 0 Å². The van der Waals surface area contributed by atoms with E-state index in [0.717, 1.165) is 116 Å². The number of nitrogens with zero attached hydrogens (tertiary/aromatic N) is 1. The summed E-state index contributed by atoms with van der Waals surface area (Å²) in [5, 5.41) is 9.15. The molecule has 13 rings (SSSR count). The third-order valence-corrected chi connectivity index (χ3v) is 13.1. The molecule has 2 aromatic heterocycles. The van der Waals surface area contributed by atoms with E-state index in [1.54, 1.807) is 0 Å². The lowest BCUT2D eigenvalue weighted by Crippen LogP contribution is -2.12. The average Bonchev–Trinajstić information content (AvgIpc) is 3.96. The van der Waals surface area contributed by atoms with Gasteiger partial charge in [-0.25, -0.2) is 0 Å². The van der Waals surface area contributed by atoms with Crippen molar-refractivity contribution in [1.29, 1.82) is 0 Å². The van der Waals surface area contributed by atoms with Crippen LogP contribution in [0.15, 0.2) is 245 Å². The van der Waals surface area contributed by atoms with Crippen LogP contribution in [0.3, 0.4) is 0 Å². The minimum atomic E-state index is 0.866. The highest BCUT2D eigenvalue weighted by atomic mass is 16.3. The number of benzene rings is 11. The zero-order valence-electron chi connectivity index (χ0n) is 35.3. The Hall–Kier alpha value is -8.66. The molecular weight excluding hydrogens is 791 g/mol. The number of furan rings is 2. The van der Waals surface area contributed by atoms with Gasteiger partial charge in [0.25, 0.3) is 0 Å². The van der Waals surface area contributed by atoms with Crippen LogP contribution in [0.2, 0.25) is 0 Å². The number of hydrogen-bond acceptors (Lipinski definition) is 3. The molecule has 3 nitrogen and oxygen atoms in total. The van der Waals surface area contributed by atoms with E-state index in [-0.39, 0.29) is 0 Å². The molecule has 0 bridgehead atoms. The summed E-state index contributed by atoms with van der Waals surface area (Å²) in [5.74, 6) is 0. The summed E-state index contributed by atoms with van der Waals surface area (Å²) >= 11 is 0. The summed E-state index contributed by atoms with van der Waals surface area (Å²) in [6.07, 6.45) is 0. The molecule has 3 heteroatoms. The predicted octanol–water partition coefficient (Wildman–Crippen LogP) is 17.9. The van der Waals surface area contributed by atoms with E-state index < -0.39 is 0 Å². The lowest BCUT2D eigenvalue weighted by molar-refractivity contribution is 0.669. The van der Waals surface area contributed by atoms with Crippen LogP contribution in [0.4, 0.5) is 17.1 Å². The highest BCUT2D eigenvalue weighted by Crippen LogP contribution is 2.49. The van der Waals surface area contributed by atoms with E-state index in [1.807, 2.05) is 12.1 Å². The molecule has 0 saturated heterocycles. The van der Waals surface area contributed by atoms with Crippen molar-refractivity contribution in [3.8, 4) is 44.5 Å². The second-order valence-corrected chi connectivity index (χ2v) is 16.8. The van der Waals surface area contributed by atoms with Gasteiger partial charge in [-0.3, -0.25) is 0 Å². The maximum atomic E-state index is 6.75. The Balaban J connectivity index is 1.05. The van der Waals surface area contributed by atoms with Crippen LogP contribution < -0.4 is 4.90 Å². The summed E-state index contributed by atoms with van der Waals surface area (Å²) < 4.78 is 13.0. The Kier molecular flexibility index (Phi) is 8.53. The molecule has 11 aromatic carbocycles. The van der Waals surface area contributed by atoms with E-state index in [4.69, 9.17) is 8.83 Å². The Morgan fingerprint density at radius 1 is 0.277 bits per heavy atom. The molecule has 0 amide bonds. The molecule has 0 aliphatic heterocycles. The minimum Gasteiger partial charge on any atom is -0.456 e. The zero-order chi connectivity index (χ0) is 42.8. The van der Waals surface area contributed by atoms with Crippen molar-refractivity contribution >= 4 is 82.5 Å². The minimum absolute atomic E-state index is 0.866. The smallest absolute Gasteiger partial charge is 0.143 e. The molecular formula is C62H39NO2. The van der Waals surface area contributed by atoms with Gasteiger partial charge in [0.1, 0.15) is 22.3 Å². The van der Waals surface area contributed by atoms with Gasteiger partial charge < -0.3 is 13.7 Å². The molecule has 13 aromatic rings.